The van der Waals surface area contributed by atoms with Crippen molar-refractivity contribution in [3.05, 3.63) is 65.7 Å². The molecule has 3 nitrogen and oxygen atoms in total. The Labute approximate surface area is 120 Å². The molecule has 0 heterocycles. The van der Waals surface area contributed by atoms with E-state index in [2.05, 4.69) is 24.0 Å². The molecule has 3 heteroatoms. The van der Waals surface area contributed by atoms with E-state index in [-0.39, 0.29) is 11.8 Å². The normalized spacial score (nSPS) is 11.9. The molecule has 0 radical (unpaired) electrons. The van der Waals surface area contributed by atoms with Crippen LogP contribution in [0.25, 0.3) is 0 Å². The average molecular weight is 267 g/mol. The van der Waals surface area contributed by atoms with Crippen LogP contribution in [0.4, 0.5) is 5.69 Å². The second-order valence-corrected chi connectivity index (χ2v) is 5.09. The monoisotopic (exact) mass is 267 g/mol. The van der Waals surface area contributed by atoms with Gasteiger partial charge in [-0.15, -0.1) is 0 Å². The van der Waals surface area contributed by atoms with E-state index in [1.165, 1.54) is 11.3 Å². The Morgan fingerprint density at radius 1 is 1.10 bits per heavy atom. The average Bonchev–Trinajstić information content (AvgIpc) is 2.45. The van der Waals surface area contributed by atoms with Crippen LogP contribution in [-0.2, 0) is 0 Å². The summed E-state index contributed by atoms with van der Waals surface area (Å²) < 4.78 is 0. The lowest BCUT2D eigenvalue weighted by Gasteiger charge is -2.26. The molecule has 1 unspecified atom stereocenters. The lowest BCUT2D eigenvalue weighted by molar-refractivity contribution is 0.810. The number of nitrogens with one attached hydrogen (secondary N) is 1. The van der Waals surface area contributed by atoms with E-state index in [0.717, 1.165) is 5.56 Å². The number of hydrogen-bond acceptors (Lipinski definition) is 2. The third-order valence-corrected chi connectivity index (χ3v) is 3.56. The first kappa shape index (κ1) is 14.1. The highest BCUT2D eigenvalue weighted by Crippen LogP contribution is 2.22. The number of hydrogen-bond donors (Lipinski definition) is 2. The standard InChI is InChI=1S/C17H21N3/c1-13-8-6-7-11-16(13)20(2)12-15(17(18)19)14-9-4-3-5-10-14/h3-11,15H,12H2,1-2H3,(H3,18,19). The molecule has 2 aromatic carbocycles. The maximum Gasteiger partial charge on any atom is 0.1000 e. The van der Waals surface area contributed by atoms with Gasteiger partial charge < -0.3 is 10.6 Å². The smallest absolute Gasteiger partial charge is 0.1000 e. The first-order chi connectivity index (χ1) is 9.59. The number of aryl methyl sites for hydroxylation is 1. The fourth-order valence-corrected chi connectivity index (χ4v) is 2.43. The zero-order valence-electron chi connectivity index (χ0n) is 12.0. The Bertz CT molecular complexity index is 578. The summed E-state index contributed by atoms with van der Waals surface area (Å²) in [6, 6.07) is 18.3. The molecule has 0 bridgehead atoms. The molecule has 2 aromatic rings. The van der Waals surface area contributed by atoms with E-state index in [4.69, 9.17) is 11.1 Å². The van der Waals surface area contributed by atoms with Gasteiger partial charge in [0.15, 0.2) is 0 Å². The summed E-state index contributed by atoms with van der Waals surface area (Å²) >= 11 is 0. The Morgan fingerprint density at radius 3 is 2.30 bits per heavy atom. The lowest BCUT2D eigenvalue weighted by Crippen LogP contribution is -2.32. The number of anilines is 1. The molecular weight excluding hydrogens is 246 g/mol. The number of likely N-dealkylation sites (N-methyl/N-ethyl adjacent to an activating group) is 1. The van der Waals surface area contributed by atoms with E-state index >= 15 is 0 Å². The number of benzene rings is 2. The van der Waals surface area contributed by atoms with Gasteiger partial charge in [0.05, 0.1) is 11.8 Å². The molecule has 20 heavy (non-hydrogen) atoms. The van der Waals surface area contributed by atoms with E-state index < -0.39 is 0 Å². The van der Waals surface area contributed by atoms with Gasteiger partial charge in [-0.3, -0.25) is 5.41 Å². The maximum absolute atomic E-state index is 7.85. The van der Waals surface area contributed by atoms with E-state index in [1.807, 2.05) is 49.5 Å². The zero-order chi connectivity index (χ0) is 14.5. The van der Waals surface area contributed by atoms with Crippen molar-refractivity contribution in [1.82, 2.24) is 0 Å². The summed E-state index contributed by atoms with van der Waals surface area (Å²) in [5.74, 6) is 0.123. The van der Waals surface area contributed by atoms with Crippen LogP contribution in [0.1, 0.15) is 17.0 Å². The maximum atomic E-state index is 7.85. The molecule has 1 atom stereocenters. The third-order valence-electron chi connectivity index (χ3n) is 3.56. The van der Waals surface area contributed by atoms with E-state index in [1.54, 1.807) is 0 Å². The molecule has 104 valence electrons. The summed E-state index contributed by atoms with van der Waals surface area (Å²) in [7, 11) is 2.04. The van der Waals surface area contributed by atoms with Crippen molar-refractivity contribution in [2.24, 2.45) is 5.73 Å². The molecule has 2 rings (SSSR count). The van der Waals surface area contributed by atoms with Crippen LogP contribution in [0, 0.1) is 12.3 Å². The van der Waals surface area contributed by atoms with Crippen LogP contribution >= 0.6 is 0 Å². The van der Waals surface area contributed by atoms with Crippen LogP contribution in [0.3, 0.4) is 0 Å². The molecule has 3 N–H and O–H groups in total. The summed E-state index contributed by atoms with van der Waals surface area (Å²) in [6.45, 7) is 2.79. The van der Waals surface area contributed by atoms with Gasteiger partial charge in [-0.2, -0.15) is 0 Å². The molecule has 0 fully saturated rings. The summed E-state index contributed by atoms with van der Waals surface area (Å²) in [4.78, 5) is 2.16. The van der Waals surface area contributed by atoms with Crippen molar-refractivity contribution in [2.45, 2.75) is 12.8 Å². The highest BCUT2D eigenvalue weighted by atomic mass is 15.1. The largest absolute Gasteiger partial charge is 0.387 e. The molecule has 0 aliphatic carbocycles. The highest BCUT2D eigenvalue weighted by molar-refractivity contribution is 5.85. The van der Waals surface area contributed by atoms with Crippen molar-refractivity contribution in [1.29, 1.82) is 5.41 Å². The van der Waals surface area contributed by atoms with Gasteiger partial charge in [-0.1, -0.05) is 48.5 Å². The van der Waals surface area contributed by atoms with Gasteiger partial charge in [0.1, 0.15) is 0 Å². The Hall–Kier alpha value is -2.29. The fraction of sp³-hybridized carbons (Fsp3) is 0.235. The van der Waals surface area contributed by atoms with Crippen molar-refractivity contribution in [2.75, 3.05) is 18.5 Å². The Morgan fingerprint density at radius 2 is 1.70 bits per heavy atom. The van der Waals surface area contributed by atoms with Crippen LogP contribution in [-0.4, -0.2) is 19.4 Å². The second-order valence-electron chi connectivity index (χ2n) is 5.09. The fourth-order valence-electron chi connectivity index (χ4n) is 2.43. The number of nitrogens with two attached hydrogens (primary N) is 1. The van der Waals surface area contributed by atoms with Gasteiger partial charge in [0.2, 0.25) is 0 Å². The quantitative estimate of drug-likeness (QED) is 0.646. The van der Waals surface area contributed by atoms with E-state index in [0.29, 0.717) is 6.54 Å². The number of amidine groups is 1. The first-order valence-electron chi connectivity index (χ1n) is 6.75. The molecule has 0 saturated carbocycles. The molecule has 0 aliphatic rings. The lowest BCUT2D eigenvalue weighted by atomic mass is 9.97. The molecular formula is C17H21N3. The Kier molecular flexibility index (Phi) is 4.41. The topological polar surface area (TPSA) is 53.1 Å². The van der Waals surface area contributed by atoms with Crippen LogP contribution in [0.15, 0.2) is 54.6 Å². The highest BCUT2D eigenvalue weighted by Gasteiger charge is 2.17. The minimum absolute atomic E-state index is 0.0826. The zero-order valence-corrected chi connectivity index (χ0v) is 12.0. The predicted molar refractivity (Wildman–Crippen MR) is 85.5 cm³/mol. The van der Waals surface area contributed by atoms with Crippen molar-refractivity contribution in [3.63, 3.8) is 0 Å². The molecule has 0 aliphatic heterocycles. The Balaban J connectivity index is 2.21. The predicted octanol–water partition coefficient (Wildman–Crippen LogP) is 3.15. The first-order valence-corrected chi connectivity index (χ1v) is 6.75. The third kappa shape index (κ3) is 3.18. The molecule has 0 amide bonds. The van der Waals surface area contributed by atoms with Crippen molar-refractivity contribution < 1.29 is 0 Å². The summed E-state index contributed by atoms with van der Waals surface area (Å²) in [6.07, 6.45) is 0. The van der Waals surface area contributed by atoms with Gasteiger partial charge in [0.25, 0.3) is 0 Å². The summed E-state index contributed by atoms with van der Waals surface area (Å²) in [5, 5.41) is 7.85. The van der Waals surface area contributed by atoms with Gasteiger partial charge in [-0.05, 0) is 24.1 Å². The van der Waals surface area contributed by atoms with Crippen LogP contribution < -0.4 is 10.6 Å². The summed E-state index contributed by atoms with van der Waals surface area (Å²) in [5.41, 5.74) is 9.28. The van der Waals surface area contributed by atoms with Gasteiger partial charge in [0, 0.05) is 19.3 Å². The molecule has 0 saturated heterocycles. The van der Waals surface area contributed by atoms with Gasteiger partial charge in [-0.25, -0.2) is 0 Å². The molecule has 0 spiro atoms. The second kappa shape index (κ2) is 6.24. The molecule has 0 aromatic heterocycles. The number of nitrogens with zero attached hydrogens (tertiary/aromatic N) is 1. The van der Waals surface area contributed by atoms with Gasteiger partial charge >= 0.3 is 0 Å². The minimum atomic E-state index is -0.0826. The SMILES string of the molecule is Cc1ccccc1N(C)CC(C(=N)N)c1ccccc1. The number of rotatable bonds is 5. The number of para-hydroxylation sites is 1. The van der Waals surface area contributed by atoms with E-state index in [9.17, 15) is 0 Å². The van der Waals surface area contributed by atoms with Crippen LogP contribution in [0.5, 0.6) is 0 Å². The van der Waals surface area contributed by atoms with Crippen molar-refractivity contribution in [3.8, 4) is 0 Å². The van der Waals surface area contributed by atoms with Crippen molar-refractivity contribution >= 4 is 11.5 Å². The minimum Gasteiger partial charge on any atom is -0.387 e. The van der Waals surface area contributed by atoms with Crippen LogP contribution in [0.2, 0.25) is 0 Å².